The van der Waals surface area contributed by atoms with Crippen LogP contribution < -0.4 is 5.32 Å². The predicted octanol–water partition coefficient (Wildman–Crippen LogP) is 2.37. The standard InChI is InChI=1S/C10H16N2O2S2/c1-3-11-10-12-6-8(16-10)7-15-5-4-9(13)14-2/h6H,3-5,7H2,1-2H3,(H,11,12). The maximum atomic E-state index is 10.9. The fourth-order valence-corrected chi connectivity index (χ4v) is 2.93. The first-order valence-electron chi connectivity index (χ1n) is 5.09. The first-order valence-corrected chi connectivity index (χ1v) is 7.06. The van der Waals surface area contributed by atoms with Crippen LogP contribution in [0, 0.1) is 0 Å². The van der Waals surface area contributed by atoms with Crippen LogP contribution in [0.25, 0.3) is 0 Å². The van der Waals surface area contributed by atoms with E-state index in [0.717, 1.165) is 23.2 Å². The van der Waals surface area contributed by atoms with Gasteiger partial charge in [-0.2, -0.15) is 11.8 Å². The van der Waals surface area contributed by atoms with Gasteiger partial charge in [-0.05, 0) is 6.92 Å². The van der Waals surface area contributed by atoms with Gasteiger partial charge in [-0.3, -0.25) is 4.79 Å². The topological polar surface area (TPSA) is 51.2 Å². The van der Waals surface area contributed by atoms with Crippen molar-refractivity contribution in [1.29, 1.82) is 0 Å². The van der Waals surface area contributed by atoms with Gasteiger partial charge >= 0.3 is 5.97 Å². The minimum Gasteiger partial charge on any atom is -0.469 e. The number of nitrogens with one attached hydrogen (secondary N) is 1. The molecule has 0 fully saturated rings. The molecule has 0 radical (unpaired) electrons. The maximum absolute atomic E-state index is 10.9. The lowest BCUT2D eigenvalue weighted by atomic mass is 10.5. The normalized spacial score (nSPS) is 10.1. The Morgan fingerprint density at radius 1 is 1.69 bits per heavy atom. The number of anilines is 1. The summed E-state index contributed by atoms with van der Waals surface area (Å²) in [6.45, 7) is 2.94. The van der Waals surface area contributed by atoms with Crippen molar-refractivity contribution in [2.45, 2.75) is 19.1 Å². The quantitative estimate of drug-likeness (QED) is 0.602. The number of esters is 1. The number of methoxy groups -OCH3 is 1. The van der Waals surface area contributed by atoms with Crippen molar-refractivity contribution in [3.63, 3.8) is 0 Å². The summed E-state index contributed by atoms with van der Waals surface area (Å²) < 4.78 is 4.57. The van der Waals surface area contributed by atoms with Gasteiger partial charge < -0.3 is 10.1 Å². The van der Waals surface area contributed by atoms with Crippen LogP contribution in [0.3, 0.4) is 0 Å². The maximum Gasteiger partial charge on any atom is 0.306 e. The van der Waals surface area contributed by atoms with Crippen LogP contribution in [0.1, 0.15) is 18.2 Å². The largest absolute Gasteiger partial charge is 0.469 e. The van der Waals surface area contributed by atoms with Gasteiger partial charge in [-0.25, -0.2) is 4.98 Å². The summed E-state index contributed by atoms with van der Waals surface area (Å²) in [5.41, 5.74) is 0. The highest BCUT2D eigenvalue weighted by molar-refractivity contribution is 7.98. The molecule has 1 aromatic heterocycles. The average Bonchev–Trinajstić information content (AvgIpc) is 2.72. The van der Waals surface area contributed by atoms with Gasteiger partial charge in [0.25, 0.3) is 0 Å². The molecule has 0 aliphatic heterocycles. The molecule has 0 saturated carbocycles. The van der Waals surface area contributed by atoms with Gasteiger partial charge in [-0.1, -0.05) is 0 Å². The zero-order chi connectivity index (χ0) is 11.8. The highest BCUT2D eigenvalue weighted by Gasteiger charge is 2.03. The molecule has 90 valence electrons. The Morgan fingerprint density at radius 3 is 3.19 bits per heavy atom. The number of hydrogen-bond acceptors (Lipinski definition) is 6. The second-order valence-electron chi connectivity index (χ2n) is 3.04. The fraction of sp³-hybridized carbons (Fsp3) is 0.600. The van der Waals surface area contributed by atoms with E-state index in [1.807, 2.05) is 13.1 Å². The van der Waals surface area contributed by atoms with Crippen molar-refractivity contribution in [3.05, 3.63) is 11.1 Å². The molecule has 0 saturated heterocycles. The van der Waals surface area contributed by atoms with Gasteiger partial charge in [0, 0.05) is 29.1 Å². The molecular formula is C10H16N2O2S2. The van der Waals surface area contributed by atoms with Crippen LogP contribution in [-0.2, 0) is 15.3 Å². The first kappa shape index (κ1) is 13.3. The van der Waals surface area contributed by atoms with E-state index in [9.17, 15) is 4.79 Å². The second kappa shape index (κ2) is 7.51. The number of rotatable bonds is 7. The Labute approximate surface area is 104 Å². The third-order valence-corrected chi connectivity index (χ3v) is 3.95. The third-order valence-electron chi connectivity index (χ3n) is 1.80. The smallest absolute Gasteiger partial charge is 0.306 e. The van der Waals surface area contributed by atoms with E-state index in [4.69, 9.17) is 0 Å². The SMILES string of the molecule is CCNc1ncc(CSCCC(=O)OC)s1. The second-order valence-corrected chi connectivity index (χ2v) is 5.26. The number of ether oxygens (including phenoxy) is 1. The van der Waals surface area contributed by atoms with E-state index < -0.39 is 0 Å². The Hall–Kier alpha value is -0.750. The molecule has 0 atom stereocenters. The zero-order valence-electron chi connectivity index (χ0n) is 9.49. The molecular weight excluding hydrogens is 244 g/mol. The first-order chi connectivity index (χ1) is 7.76. The monoisotopic (exact) mass is 260 g/mol. The Morgan fingerprint density at radius 2 is 2.50 bits per heavy atom. The van der Waals surface area contributed by atoms with E-state index in [1.54, 1.807) is 23.1 Å². The van der Waals surface area contributed by atoms with Gasteiger partial charge in [0.15, 0.2) is 5.13 Å². The molecule has 0 unspecified atom stereocenters. The minimum absolute atomic E-state index is 0.148. The fourth-order valence-electron chi connectivity index (χ4n) is 1.04. The number of carbonyl (C=O) groups is 1. The van der Waals surface area contributed by atoms with E-state index in [2.05, 4.69) is 15.0 Å². The molecule has 1 heterocycles. The van der Waals surface area contributed by atoms with E-state index in [0.29, 0.717) is 6.42 Å². The van der Waals surface area contributed by atoms with Crippen molar-refractivity contribution < 1.29 is 9.53 Å². The van der Waals surface area contributed by atoms with Crippen LogP contribution in [-0.4, -0.2) is 30.4 Å². The molecule has 0 aliphatic carbocycles. The van der Waals surface area contributed by atoms with E-state index in [-0.39, 0.29) is 5.97 Å². The van der Waals surface area contributed by atoms with Gasteiger partial charge in [0.1, 0.15) is 0 Å². The summed E-state index contributed by atoms with van der Waals surface area (Å²) in [7, 11) is 1.42. The molecule has 1 N–H and O–H groups in total. The number of aromatic nitrogens is 1. The minimum atomic E-state index is -0.148. The number of thiazole rings is 1. The molecule has 0 amide bonds. The van der Waals surface area contributed by atoms with Gasteiger partial charge in [-0.15, -0.1) is 11.3 Å². The lowest BCUT2D eigenvalue weighted by Crippen LogP contribution is -2.00. The number of carbonyl (C=O) groups excluding carboxylic acids is 1. The summed E-state index contributed by atoms with van der Waals surface area (Å²) in [5, 5.41) is 4.13. The summed E-state index contributed by atoms with van der Waals surface area (Å²) in [6, 6.07) is 0. The van der Waals surface area contributed by atoms with Crippen molar-refractivity contribution in [2.24, 2.45) is 0 Å². The Kier molecular flexibility index (Phi) is 6.25. The van der Waals surface area contributed by atoms with Crippen LogP contribution >= 0.6 is 23.1 Å². The molecule has 1 aromatic rings. The van der Waals surface area contributed by atoms with Crippen LogP contribution in [0.15, 0.2) is 6.20 Å². The van der Waals surface area contributed by atoms with Gasteiger partial charge in [0.2, 0.25) is 0 Å². The van der Waals surface area contributed by atoms with Crippen molar-refractivity contribution in [1.82, 2.24) is 4.98 Å². The highest BCUT2D eigenvalue weighted by Crippen LogP contribution is 2.22. The lowest BCUT2D eigenvalue weighted by molar-refractivity contribution is -0.140. The molecule has 4 nitrogen and oxygen atoms in total. The average molecular weight is 260 g/mol. The molecule has 0 bridgehead atoms. The molecule has 6 heteroatoms. The Bertz CT molecular complexity index is 328. The van der Waals surface area contributed by atoms with Gasteiger partial charge in [0.05, 0.1) is 13.5 Å². The summed E-state index contributed by atoms with van der Waals surface area (Å²) in [4.78, 5) is 16.3. The van der Waals surface area contributed by atoms with Crippen LogP contribution in [0.5, 0.6) is 0 Å². The van der Waals surface area contributed by atoms with E-state index >= 15 is 0 Å². The zero-order valence-corrected chi connectivity index (χ0v) is 11.1. The predicted molar refractivity (Wildman–Crippen MR) is 69.1 cm³/mol. The summed E-state index contributed by atoms with van der Waals surface area (Å²) in [5.74, 6) is 1.55. The summed E-state index contributed by atoms with van der Waals surface area (Å²) >= 11 is 3.39. The van der Waals surface area contributed by atoms with Crippen LogP contribution in [0.2, 0.25) is 0 Å². The van der Waals surface area contributed by atoms with E-state index in [1.165, 1.54) is 12.0 Å². The number of thioether (sulfide) groups is 1. The molecule has 0 aliphatic rings. The van der Waals surface area contributed by atoms with Crippen molar-refractivity contribution in [3.8, 4) is 0 Å². The number of hydrogen-bond donors (Lipinski definition) is 1. The molecule has 0 aromatic carbocycles. The lowest BCUT2D eigenvalue weighted by Gasteiger charge is -1.98. The van der Waals surface area contributed by atoms with Crippen molar-refractivity contribution in [2.75, 3.05) is 24.7 Å². The van der Waals surface area contributed by atoms with Crippen molar-refractivity contribution >= 4 is 34.2 Å². The third kappa shape index (κ3) is 4.85. The molecule has 0 spiro atoms. The molecule has 1 rings (SSSR count). The summed E-state index contributed by atoms with van der Waals surface area (Å²) in [6.07, 6.45) is 2.35. The highest BCUT2D eigenvalue weighted by atomic mass is 32.2. The van der Waals surface area contributed by atoms with Crippen LogP contribution in [0.4, 0.5) is 5.13 Å². The number of nitrogens with zero attached hydrogens (tertiary/aromatic N) is 1. The Balaban J connectivity index is 2.19. The molecule has 16 heavy (non-hydrogen) atoms.